The van der Waals surface area contributed by atoms with Crippen LogP contribution in [-0.4, -0.2) is 9.40 Å². The van der Waals surface area contributed by atoms with Crippen LogP contribution in [-0.2, 0) is 6.42 Å². The summed E-state index contributed by atoms with van der Waals surface area (Å²) in [5.41, 5.74) is 7.06. The van der Waals surface area contributed by atoms with Crippen molar-refractivity contribution in [3.8, 4) is 0 Å². The molecule has 0 bridgehead atoms. The molecule has 0 fully saturated rings. The smallest absolute Gasteiger partial charge is 0.0711 e. The van der Waals surface area contributed by atoms with Crippen molar-refractivity contribution in [1.82, 2.24) is 9.40 Å². The number of fused-ring (bicyclic) bond motifs is 1. The molecule has 3 aromatic rings. The van der Waals surface area contributed by atoms with E-state index in [0.717, 1.165) is 22.0 Å². The Hall–Kier alpha value is -2.01. The zero-order valence-electron chi connectivity index (χ0n) is 12.9. The first-order valence-corrected chi connectivity index (χ1v) is 8.92. The molecule has 1 aliphatic rings. The van der Waals surface area contributed by atoms with E-state index in [1.165, 1.54) is 11.1 Å². The predicted molar refractivity (Wildman–Crippen MR) is 99.9 cm³/mol. The van der Waals surface area contributed by atoms with Gasteiger partial charge >= 0.3 is 0 Å². The molecule has 0 amide bonds. The molecule has 1 unspecified atom stereocenters. The van der Waals surface area contributed by atoms with Crippen molar-refractivity contribution in [3.05, 3.63) is 89.2 Å². The first-order chi connectivity index (χ1) is 11.8. The van der Waals surface area contributed by atoms with Crippen molar-refractivity contribution in [1.29, 1.82) is 0 Å². The van der Waals surface area contributed by atoms with Gasteiger partial charge in [-0.3, -0.25) is 4.98 Å². The number of hydrazine groups is 1. The van der Waals surface area contributed by atoms with Crippen LogP contribution in [0.2, 0.25) is 5.02 Å². The Bertz CT molecular complexity index is 827. The van der Waals surface area contributed by atoms with E-state index in [4.69, 9.17) is 11.6 Å². The summed E-state index contributed by atoms with van der Waals surface area (Å²) in [5, 5.41) is 0.801. The average Bonchev–Trinajstić information content (AvgIpc) is 2.96. The van der Waals surface area contributed by atoms with Crippen LogP contribution < -0.4 is 5.43 Å². The van der Waals surface area contributed by atoms with E-state index >= 15 is 0 Å². The van der Waals surface area contributed by atoms with Gasteiger partial charge in [-0.2, -0.15) is 4.41 Å². The minimum Gasteiger partial charge on any atom is -0.308 e. The molecule has 0 aliphatic carbocycles. The van der Waals surface area contributed by atoms with Crippen LogP contribution in [0.5, 0.6) is 0 Å². The number of benzene rings is 2. The molecule has 4 rings (SSSR count). The Morgan fingerprint density at radius 2 is 1.79 bits per heavy atom. The third-order valence-corrected chi connectivity index (χ3v) is 5.63. The second-order valence-electron chi connectivity index (χ2n) is 5.63. The quantitative estimate of drug-likeness (QED) is 0.638. The van der Waals surface area contributed by atoms with Crippen LogP contribution in [0.4, 0.5) is 5.69 Å². The Balaban J connectivity index is 1.66. The van der Waals surface area contributed by atoms with Crippen LogP contribution in [0.15, 0.2) is 78.0 Å². The summed E-state index contributed by atoms with van der Waals surface area (Å²) in [6.45, 7) is 0. The molecule has 1 aromatic heterocycles. The lowest BCUT2D eigenvalue weighted by molar-refractivity contribution is 0.425. The minimum atomic E-state index is 0.208. The number of aromatic nitrogens is 1. The van der Waals surface area contributed by atoms with Gasteiger partial charge in [-0.1, -0.05) is 54.1 Å². The normalized spacial score (nSPS) is 16.8. The maximum Gasteiger partial charge on any atom is 0.0711 e. The standard InChI is InChI=1S/C19H16ClN3S/c20-17-8-4-7-16-18(13-14-5-2-1-3-6-14)23(24-19(16)17)22-15-9-11-21-12-10-15/h1-12,18H,13H2,(H,21,22). The Morgan fingerprint density at radius 3 is 2.58 bits per heavy atom. The molecule has 1 aliphatic heterocycles. The van der Waals surface area contributed by atoms with Gasteiger partial charge in [0.2, 0.25) is 0 Å². The average molecular weight is 354 g/mol. The minimum absolute atomic E-state index is 0.208. The summed E-state index contributed by atoms with van der Waals surface area (Å²) < 4.78 is 2.18. The van der Waals surface area contributed by atoms with E-state index in [0.29, 0.717) is 0 Å². The third-order valence-electron chi connectivity index (χ3n) is 4.02. The van der Waals surface area contributed by atoms with Gasteiger partial charge in [0.15, 0.2) is 0 Å². The second-order valence-corrected chi connectivity index (χ2v) is 7.02. The Labute approximate surface area is 150 Å². The molecule has 5 heteroatoms. The van der Waals surface area contributed by atoms with Crippen molar-refractivity contribution >= 4 is 29.2 Å². The number of nitrogens with zero attached hydrogens (tertiary/aromatic N) is 2. The Morgan fingerprint density at radius 1 is 1.00 bits per heavy atom. The maximum absolute atomic E-state index is 6.42. The summed E-state index contributed by atoms with van der Waals surface area (Å²) in [4.78, 5) is 5.20. The molecule has 24 heavy (non-hydrogen) atoms. The van der Waals surface area contributed by atoms with Gasteiger partial charge in [0, 0.05) is 17.3 Å². The van der Waals surface area contributed by atoms with Gasteiger partial charge in [0.05, 0.1) is 16.8 Å². The van der Waals surface area contributed by atoms with E-state index in [1.807, 2.05) is 30.3 Å². The number of halogens is 1. The Kier molecular flexibility index (Phi) is 4.43. The molecule has 3 nitrogen and oxygen atoms in total. The molecule has 2 aromatic carbocycles. The summed E-state index contributed by atoms with van der Waals surface area (Å²) in [6, 6.07) is 20.8. The van der Waals surface area contributed by atoms with Crippen molar-refractivity contribution in [2.45, 2.75) is 17.4 Å². The van der Waals surface area contributed by atoms with Crippen molar-refractivity contribution in [3.63, 3.8) is 0 Å². The molecule has 1 atom stereocenters. The van der Waals surface area contributed by atoms with Crippen LogP contribution in [0, 0.1) is 0 Å². The highest BCUT2D eigenvalue weighted by Gasteiger charge is 2.33. The highest BCUT2D eigenvalue weighted by atomic mass is 35.5. The second kappa shape index (κ2) is 6.85. The topological polar surface area (TPSA) is 28.2 Å². The summed E-state index contributed by atoms with van der Waals surface area (Å²) in [7, 11) is 0. The number of hydrogen-bond acceptors (Lipinski definition) is 4. The fourth-order valence-electron chi connectivity index (χ4n) is 2.86. The van der Waals surface area contributed by atoms with Crippen LogP contribution in [0.1, 0.15) is 17.2 Å². The lowest BCUT2D eigenvalue weighted by atomic mass is 9.99. The number of anilines is 1. The lowest BCUT2D eigenvalue weighted by Crippen LogP contribution is -2.25. The molecule has 0 radical (unpaired) electrons. The van der Waals surface area contributed by atoms with Gasteiger partial charge in [-0.25, -0.2) is 0 Å². The number of pyridine rings is 1. The monoisotopic (exact) mass is 353 g/mol. The van der Waals surface area contributed by atoms with Crippen LogP contribution in [0.3, 0.4) is 0 Å². The van der Waals surface area contributed by atoms with Gasteiger partial charge in [-0.15, -0.1) is 0 Å². The van der Waals surface area contributed by atoms with E-state index in [-0.39, 0.29) is 6.04 Å². The fraction of sp³-hybridized carbons (Fsp3) is 0.105. The molecular weight excluding hydrogens is 338 g/mol. The van der Waals surface area contributed by atoms with Crippen molar-refractivity contribution in [2.75, 3.05) is 5.43 Å². The fourth-order valence-corrected chi connectivity index (χ4v) is 4.27. The zero-order valence-corrected chi connectivity index (χ0v) is 14.5. The van der Waals surface area contributed by atoms with E-state index in [1.54, 1.807) is 24.3 Å². The number of nitrogens with one attached hydrogen (secondary N) is 1. The molecule has 0 saturated heterocycles. The first-order valence-electron chi connectivity index (χ1n) is 7.77. The SMILES string of the molecule is Clc1cccc2c1SN(Nc1ccncc1)C2Cc1ccccc1. The van der Waals surface area contributed by atoms with Gasteiger partial charge in [-0.05, 0) is 47.7 Å². The third kappa shape index (κ3) is 3.13. The summed E-state index contributed by atoms with van der Waals surface area (Å²) in [6.07, 6.45) is 4.49. The summed E-state index contributed by atoms with van der Waals surface area (Å²) >= 11 is 8.08. The summed E-state index contributed by atoms with van der Waals surface area (Å²) in [5.74, 6) is 0. The van der Waals surface area contributed by atoms with E-state index < -0.39 is 0 Å². The molecule has 1 N–H and O–H groups in total. The van der Waals surface area contributed by atoms with Crippen LogP contribution >= 0.6 is 23.5 Å². The van der Waals surface area contributed by atoms with Gasteiger partial charge in [0.1, 0.15) is 0 Å². The molecule has 0 saturated carbocycles. The lowest BCUT2D eigenvalue weighted by Gasteiger charge is -2.25. The number of rotatable bonds is 4. The number of hydrogen-bond donors (Lipinski definition) is 1. The van der Waals surface area contributed by atoms with Crippen molar-refractivity contribution < 1.29 is 0 Å². The largest absolute Gasteiger partial charge is 0.308 e. The zero-order chi connectivity index (χ0) is 16.4. The molecule has 120 valence electrons. The van der Waals surface area contributed by atoms with E-state index in [9.17, 15) is 0 Å². The molecular formula is C19H16ClN3S. The van der Waals surface area contributed by atoms with Crippen molar-refractivity contribution in [2.24, 2.45) is 0 Å². The van der Waals surface area contributed by atoms with E-state index in [2.05, 4.69) is 45.2 Å². The van der Waals surface area contributed by atoms with Gasteiger partial charge < -0.3 is 5.43 Å². The molecule has 2 heterocycles. The molecule has 0 spiro atoms. The maximum atomic E-state index is 6.42. The highest BCUT2D eigenvalue weighted by molar-refractivity contribution is 7.97. The highest BCUT2D eigenvalue weighted by Crippen LogP contribution is 2.48. The first kappa shape index (κ1) is 15.5. The predicted octanol–water partition coefficient (Wildman–Crippen LogP) is 5.37. The van der Waals surface area contributed by atoms with Crippen LogP contribution in [0.25, 0.3) is 0 Å². The van der Waals surface area contributed by atoms with Gasteiger partial charge in [0.25, 0.3) is 0 Å².